The molecule has 0 aromatic carbocycles. The lowest BCUT2D eigenvalue weighted by Gasteiger charge is -2.18. The van der Waals surface area contributed by atoms with E-state index in [2.05, 4.69) is 93.7 Å². The van der Waals surface area contributed by atoms with Crippen LogP contribution >= 0.6 is 0 Å². The van der Waals surface area contributed by atoms with Gasteiger partial charge >= 0.3 is 17.9 Å². The highest BCUT2D eigenvalue weighted by Gasteiger charge is 2.19. The van der Waals surface area contributed by atoms with Crippen molar-refractivity contribution in [3.05, 3.63) is 72.9 Å². The van der Waals surface area contributed by atoms with Gasteiger partial charge in [-0.2, -0.15) is 0 Å². The summed E-state index contributed by atoms with van der Waals surface area (Å²) in [7, 11) is 0. The van der Waals surface area contributed by atoms with Gasteiger partial charge in [0.25, 0.3) is 0 Å². The molecule has 0 amide bonds. The summed E-state index contributed by atoms with van der Waals surface area (Å²) in [6.45, 7) is 6.45. The molecule has 0 fully saturated rings. The molecular weight excluding hydrogens is 901 g/mol. The van der Waals surface area contributed by atoms with Gasteiger partial charge in [-0.1, -0.05) is 286 Å². The molecule has 0 aliphatic rings. The van der Waals surface area contributed by atoms with E-state index in [0.717, 1.165) is 109 Å². The summed E-state index contributed by atoms with van der Waals surface area (Å²) in [5.74, 6) is -0.940. The number of unbranched alkanes of at least 4 members (excludes halogenated alkanes) is 34. The van der Waals surface area contributed by atoms with Gasteiger partial charge in [0.1, 0.15) is 13.2 Å². The molecule has 0 saturated heterocycles. The second kappa shape index (κ2) is 61.4. The molecular formula is C67H118O6. The Bertz CT molecular complexity index is 1360. The maximum Gasteiger partial charge on any atom is 0.306 e. The SMILES string of the molecule is CC/C=C\C/C=C\C/C=C\C/C=C\CCCCC(=O)OC(COC(=O)CCCCCCC/C=C\C/C=C\CCC)COC(=O)CCCCCCCCCCCCCCCCCCCCCCCCCCCCC. The predicted octanol–water partition coefficient (Wildman–Crippen LogP) is 21.3. The van der Waals surface area contributed by atoms with Crippen LogP contribution in [0, 0.1) is 0 Å². The number of carbonyl (C=O) groups excluding carboxylic acids is 3. The first-order valence-electron chi connectivity index (χ1n) is 31.4. The standard InChI is InChI=1S/C67H118O6/c1-4-7-10-13-16-19-22-25-27-28-29-30-31-32-33-34-35-36-37-38-40-42-45-48-51-54-57-60-66(69)72-63-64(62-71-65(68)59-56-53-50-47-44-41-24-21-18-15-12-9-6-3)73-67(70)61-58-55-52-49-46-43-39-26-23-20-17-14-11-8-5-2/h8,11-12,15,17,20-21,24,26,39,46,49,64H,4-7,9-10,13-14,16,18-19,22-23,25,27-38,40-45,47-48,50-63H2,1-3H3/b11-8-,15-12-,20-17-,24-21-,39-26-,49-46-. The van der Waals surface area contributed by atoms with E-state index in [-0.39, 0.29) is 37.5 Å². The zero-order valence-corrected chi connectivity index (χ0v) is 48.4. The van der Waals surface area contributed by atoms with Crippen molar-refractivity contribution in [3.8, 4) is 0 Å². The van der Waals surface area contributed by atoms with Crippen LogP contribution in [0.15, 0.2) is 72.9 Å². The average Bonchev–Trinajstić information content (AvgIpc) is 3.39. The van der Waals surface area contributed by atoms with Crippen LogP contribution in [0.4, 0.5) is 0 Å². The molecule has 0 bridgehead atoms. The van der Waals surface area contributed by atoms with Gasteiger partial charge in [0, 0.05) is 19.3 Å². The van der Waals surface area contributed by atoms with Crippen LogP contribution in [0.5, 0.6) is 0 Å². The molecule has 1 unspecified atom stereocenters. The Labute approximate surface area is 453 Å². The van der Waals surface area contributed by atoms with Gasteiger partial charge in [-0.05, 0) is 83.5 Å². The van der Waals surface area contributed by atoms with Crippen molar-refractivity contribution in [1.82, 2.24) is 0 Å². The fraction of sp³-hybridized carbons (Fsp3) is 0.776. The Kier molecular flexibility index (Phi) is 58.7. The predicted molar refractivity (Wildman–Crippen MR) is 316 cm³/mol. The van der Waals surface area contributed by atoms with E-state index >= 15 is 0 Å². The first kappa shape index (κ1) is 69.8. The minimum absolute atomic E-state index is 0.0945. The summed E-state index contributed by atoms with van der Waals surface area (Å²) >= 11 is 0. The molecule has 6 nitrogen and oxygen atoms in total. The third-order valence-electron chi connectivity index (χ3n) is 13.7. The first-order chi connectivity index (χ1) is 36.0. The maximum absolute atomic E-state index is 12.8. The quantitative estimate of drug-likeness (QED) is 0.0261. The van der Waals surface area contributed by atoms with E-state index in [4.69, 9.17) is 14.2 Å². The van der Waals surface area contributed by atoms with Gasteiger partial charge in [0.2, 0.25) is 0 Å². The van der Waals surface area contributed by atoms with Crippen molar-refractivity contribution in [1.29, 1.82) is 0 Å². The molecule has 422 valence electrons. The molecule has 0 saturated carbocycles. The minimum Gasteiger partial charge on any atom is -0.462 e. The second-order valence-corrected chi connectivity index (χ2v) is 20.9. The van der Waals surface area contributed by atoms with Crippen molar-refractivity contribution in [3.63, 3.8) is 0 Å². The van der Waals surface area contributed by atoms with Crippen LogP contribution in [-0.4, -0.2) is 37.2 Å². The molecule has 0 aromatic rings. The van der Waals surface area contributed by atoms with Crippen LogP contribution in [-0.2, 0) is 28.6 Å². The minimum atomic E-state index is -0.802. The summed E-state index contributed by atoms with van der Waals surface area (Å²) in [4.78, 5) is 38.2. The zero-order chi connectivity index (χ0) is 52.9. The molecule has 0 aromatic heterocycles. The molecule has 0 N–H and O–H groups in total. The molecule has 0 radical (unpaired) electrons. The van der Waals surface area contributed by atoms with Crippen LogP contribution in [0.25, 0.3) is 0 Å². The Morgan fingerprint density at radius 2 is 0.562 bits per heavy atom. The fourth-order valence-corrected chi connectivity index (χ4v) is 9.00. The summed E-state index contributed by atoms with van der Waals surface area (Å²) < 4.78 is 16.8. The number of ether oxygens (including phenoxy) is 3. The highest BCUT2D eigenvalue weighted by molar-refractivity contribution is 5.71. The third kappa shape index (κ3) is 59.6. The van der Waals surface area contributed by atoms with Crippen molar-refractivity contribution in [2.75, 3.05) is 13.2 Å². The molecule has 0 heterocycles. The van der Waals surface area contributed by atoms with Gasteiger partial charge in [-0.15, -0.1) is 0 Å². The van der Waals surface area contributed by atoms with Crippen LogP contribution in [0.2, 0.25) is 0 Å². The lowest BCUT2D eigenvalue weighted by molar-refractivity contribution is -0.167. The molecule has 0 aliphatic heterocycles. The van der Waals surface area contributed by atoms with Crippen molar-refractivity contribution >= 4 is 17.9 Å². The smallest absolute Gasteiger partial charge is 0.306 e. The Morgan fingerprint density at radius 3 is 0.918 bits per heavy atom. The topological polar surface area (TPSA) is 78.9 Å². The van der Waals surface area contributed by atoms with E-state index in [1.807, 2.05) is 0 Å². The zero-order valence-electron chi connectivity index (χ0n) is 48.4. The van der Waals surface area contributed by atoms with E-state index in [1.165, 1.54) is 161 Å². The lowest BCUT2D eigenvalue weighted by Crippen LogP contribution is -2.30. The molecule has 73 heavy (non-hydrogen) atoms. The second-order valence-electron chi connectivity index (χ2n) is 20.9. The first-order valence-corrected chi connectivity index (χ1v) is 31.4. The average molecular weight is 1020 g/mol. The van der Waals surface area contributed by atoms with E-state index in [0.29, 0.717) is 19.3 Å². The summed E-state index contributed by atoms with van der Waals surface area (Å²) in [5, 5.41) is 0. The van der Waals surface area contributed by atoms with Crippen molar-refractivity contribution in [2.24, 2.45) is 0 Å². The summed E-state index contributed by atoms with van der Waals surface area (Å²) in [6, 6.07) is 0. The summed E-state index contributed by atoms with van der Waals surface area (Å²) in [5.41, 5.74) is 0. The van der Waals surface area contributed by atoms with E-state index < -0.39 is 6.10 Å². The molecule has 0 rings (SSSR count). The number of rotatable bonds is 57. The van der Waals surface area contributed by atoms with Gasteiger partial charge in [-0.25, -0.2) is 0 Å². The molecule has 0 aliphatic carbocycles. The maximum atomic E-state index is 12.8. The normalized spacial score (nSPS) is 12.5. The van der Waals surface area contributed by atoms with Crippen LogP contribution in [0.3, 0.4) is 0 Å². The van der Waals surface area contributed by atoms with Crippen molar-refractivity contribution in [2.45, 2.75) is 322 Å². The van der Waals surface area contributed by atoms with Crippen molar-refractivity contribution < 1.29 is 28.6 Å². The van der Waals surface area contributed by atoms with Crippen LogP contribution < -0.4 is 0 Å². The number of hydrogen-bond acceptors (Lipinski definition) is 6. The lowest BCUT2D eigenvalue weighted by atomic mass is 10.0. The largest absolute Gasteiger partial charge is 0.462 e. The number of allylic oxidation sites excluding steroid dienone is 12. The Hall–Kier alpha value is -3.15. The Balaban J connectivity index is 4.24. The third-order valence-corrected chi connectivity index (χ3v) is 13.7. The van der Waals surface area contributed by atoms with Crippen LogP contribution in [0.1, 0.15) is 316 Å². The van der Waals surface area contributed by atoms with E-state index in [1.54, 1.807) is 0 Å². The van der Waals surface area contributed by atoms with E-state index in [9.17, 15) is 14.4 Å². The molecule has 1 atom stereocenters. The number of hydrogen-bond donors (Lipinski definition) is 0. The van der Waals surface area contributed by atoms with Gasteiger partial charge in [-0.3, -0.25) is 14.4 Å². The van der Waals surface area contributed by atoms with Gasteiger partial charge in [0.05, 0.1) is 0 Å². The monoisotopic (exact) mass is 1020 g/mol. The Morgan fingerprint density at radius 1 is 0.288 bits per heavy atom. The van der Waals surface area contributed by atoms with Gasteiger partial charge in [0.15, 0.2) is 6.10 Å². The fourth-order valence-electron chi connectivity index (χ4n) is 9.00. The number of esters is 3. The molecule has 6 heteroatoms. The highest BCUT2D eigenvalue weighted by Crippen LogP contribution is 2.17. The number of carbonyl (C=O) groups is 3. The molecule has 0 spiro atoms. The van der Waals surface area contributed by atoms with Gasteiger partial charge < -0.3 is 14.2 Å². The highest BCUT2D eigenvalue weighted by atomic mass is 16.6. The summed E-state index contributed by atoms with van der Waals surface area (Å²) in [6.07, 6.45) is 79.3.